The average Bonchev–Trinajstić information content (AvgIpc) is 2.70. The molecular weight excluding hydrogens is 234 g/mol. The van der Waals surface area contributed by atoms with Crippen LogP contribution in [0.5, 0.6) is 0 Å². The van der Waals surface area contributed by atoms with E-state index in [2.05, 4.69) is 41.3 Å². The van der Waals surface area contributed by atoms with Crippen LogP contribution in [0.15, 0.2) is 11.3 Å². The molecule has 3 atom stereocenters. The van der Waals surface area contributed by atoms with Gasteiger partial charge in [-0.2, -0.15) is 0 Å². The van der Waals surface area contributed by atoms with Gasteiger partial charge in [0.05, 0.1) is 12.1 Å². The number of aromatic nitrogens is 3. The van der Waals surface area contributed by atoms with E-state index in [4.69, 9.17) is 0 Å². The van der Waals surface area contributed by atoms with Gasteiger partial charge in [-0.3, -0.25) is 4.99 Å². The van der Waals surface area contributed by atoms with Gasteiger partial charge in [0, 0.05) is 12.8 Å². The molecule has 94 valence electrons. The number of rotatable bonds is 2. The van der Waals surface area contributed by atoms with Crippen molar-refractivity contribution in [1.82, 2.24) is 20.1 Å². The molecule has 2 rings (SSSR count). The van der Waals surface area contributed by atoms with E-state index in [0.29, 0.717) is 12.0 Å². The predicted molar refractivity (Wildman–Crippen MR) is 71.1 cm³/mol. The third-order valence-electron chi connectivity index (χ3n) is 3.10. The maximum absolute atomic E-state index is 4.65. The monoisotopic (exact) mass is 253 g/mol. The lowest BCUT2D eigenvalue weighted by Crippen LogP contribution is -2.32. The Balaban J connectivity index is 2.02. The molecule has 0 amide bonds. The largest absolute Gasteiger partial charge is 0.355 e. The van der Waals surface area contributed by atoms with E-state index in [1.54, 1.807) is 18.1 Å². The SMILES string of the molecule is CC(NC1=NC(C)C(C)CS1)c1nncn1C. The lowest BCUT2D eigenvalue weighted by molar-refractivity contribution is 0.530. The smallest absolute Gasteiger partial charge is 0.157 e. The molecule has 1 N–H and O–H groups in total. The highest BCUT2D eigenvalue weighted by Crippen LogP contribution is 2.23. The van der Waals surface area contributed by atoms with Gasteiger partial charge in [0.2, 0.25) is 0 Å². The number of aryl methyl sites for hydroxylation is 1. The Morgan fingerprint density at radius 1 is 1.53 bits per heavy atom. The van der Waals surface area contributed by atoms with E-state index in [-0.39, 0.29) is 6.04 Å². The van der Waals surface area contributed by atoms with Gasteiger partial charge in [-0.15, -0.1) is 10.2 Å². The van der Waals surface area contributed by atoms with Crippen molar-refractivity contribution in [1.29, 1.82) is 0 Å². The molecule has 3 unspecified atom stereocenters. The molecule has 17 heavy (non-hydrogen) atoms. The molecule has 1 aromatic heterocycles. The van der Waals surface area contributed by atoms with Crippen LogP contribution in [0.25, 0.3) is 0 Å². The first-order valence-corrected chi connectivity index (χ1v) is 6.87. The highest BCUT2D eigenvalue weighted by Gasteiger charge is 2.21. The van der Waals surface area contributed by atoms with Crippen LogP contribution in [0.2, 0.25) is 0 Å². The zero-order valence-electron chi connectivity index (χ0n) is 10.7. The molecule has 6 heteroatoms. The van der Waals surface area contributed by atoms with Crippen molar-refractivity contribution in [3.8, 4) is 0 Å². The molecule has 0 aliphatic carbocycles. The Hall–Kier alpha value is -1.04. The second-order valence-electron chi connectivity index (χ2n) is 4.63. The standard InChI is InChI=1S/C11H19N5S/c1-7-5-17-11(13-8(7)2)14-9(3)10-15-12-6-16(10)4/h6-9H,5H2,1-4H3,(H,13,14). The molecule has 2 heterocycles. The molecule has 5 nitrogen and oxygen atoms in total. The van der Waals surface area contributed by atoms with Gasteiger partial charge in [0.1, 0.15) is 6.33 Å². The summed E-state index contributed by atoms with van der Waals surface area (Å²) in [5, 5.41) is 12.4. The van der Waals surface area contributed by atoms with Crippen LogP contribution in [0.3, 0.4) is 0 Å². The average molecular weight is 253 g/mol. The predicted octanol–water partition coefficient (Wildman–Crippen LogP) is 1.59. The fourth-order valence-corrected chi connectivity index (χ4v) is 2.91. The first-order valence-electron chi connectivity index (χ1n) is 5.89. The van der Waals surface area contributed by atoms with E-state index in [0.717, 1.165) is 16.7 Å². The number of nitrogens with zero attached hydrogens (tertiary/aromatic N) is 4. The van der Waals surface area contributed by atoms with Crippen molar-refractivity contribution in [3.63, 3.8) is 0 Å². The third kappa shape index (κ3) is 2.80. The minimum absolute atomic E-state index is 0.134. The van der Waals surface area contributed by atoms with Gasteiger partial charge in [-0.1, -0.05) is 18.7 Å². The highest BCUT2D eigenvalue weighted by atomic mass is 32.2. The van der Waals surface area contributed by atoms with E-state index in [1.807, 2.05) is 11.6 Å². The summed E-state index contributed by atoms with van der Waals surface area (Å²) in [5.41, 5.74) is 0. The molecule has 0 bridgehead atoms. The summed E-state index contributed by atoms with van der Waals surface area (Å²) in [6.45, 7) is 6.49. The molecule has 1 aromatic rings. The molecular formula is C11H19N5S. The van der Waals surface area contributed by atoms with Crippen molar-refractivity contribution < 1.29 is 0 Å². The zero-order valence-corrected chi connectivity index (χ0v) is 11.5. The number of thioether (sulfide) groups is 1. The first-order chi connectivity index (χ1) is 8.08. The third-order valence-corrected chi connectivity index (χ3v) is 4.29. The van der Waals surface area contributed by atoms with Crippen molar-refractivity contribution in [2.45, 2.75) is 32.9 Å². The lowest BCUT2D eigenvalue weighted by atomic mass is 10.1. The maximum atomic E-state index is 4.65. The summed E-state index contributed by atoms with van der Waals surface area (Å²) < 4.78 is 1.93. The Bertz CT molecular complexity index is 414. The molecule has 1 aliphatic heterocycles. The number of nitrogens with one attached hydrogen (secondary N) is 1. The maximum Gasteiger partial charge on any atom is 0.157 e. The molecule has 0 aromatic carbocycles. The second-order valence-corrected chi connectivity index (χ2v) is 5.64. The van der Waals surface area contributed by atoms with E-state index < -0.39 is 0 Å². The second kappa shape index (κ2) is 5.08. The minimum atomic E-state index is 0.134. The van der Waals surface area contributed by atoms with E-state index in [1.165, 1.54) is 0 Å². The zero-order chi connectivity index (χ0) is 12.4. The van der Waals surface area contributed by atoms with Gasteiger partial charge in [0.25, 0.3) is 0 Å². The first kappa shape index (κ1) is 12.4. The quantitative estimate of drug-likeness (QED) is 0.869. The summed E-state index contributed by atoms with van der Waals surface area (Å²) >= 11 is 1.79. The van der Waals surface area contributed by atoms with Gasteiger partial charge >= 0.3 is 0 Å². The van der Waals surface area contributed by atoms with Crippen LogP contribution < -0.4 is 5.32 Å². The van der Waals surface area contributed by atoms with Gasteiger partial charge in [-0.25, -0.2) is 0 Å². The molecule has 0 saturated heterocycles. The summed E-state index contributed by atoms with van der Waals surface area (Å²) in [4.78, 5) is 4.65. The molecule has 0 saturated carbocycles. The van der Waals surface area contributed by atoms with Crippen molar-refractivity contribution in [2.24, 2.45) is 18.0 Å². The Morgan fingerprint density at radius 2 is 2.29 bits per heavy atom. The van der Waals surface area contributed by atoms with Crippen LogP contribution in [0.4, 0.5) is 0 Å². The number of aliphatic imine (C=N–C) groups is 1. The van der Waals surface area contributed by atoms with Crippen LogP contribution in [0, 0.1) is 5.92 Å². The fourth-order valence-electron chi connectivity index (χ4n) is 1.71. The van der Waals surface area contributed by atoms with Crippen molar-refractivity contribution >= 4 is 16.9 Å². The van der Waals surface area contributed by atoms with Gasteiger partial charge in [-0.05, 0) is 19.8 Å². The van der Waals surface area contributed by atoms with E-state index >= 15 is 0 Å². The number of amidine groups is 1. The van der Waals surface area contributed by atoms with Gasteiger partial charge < -0.3 is 9.88 Å². The van der Waals surface area contributed by atoms with Crippen LogP contribution in [0.1, 0.15) is 32.6 Å². The van der Waals surface area contributed by atoms with Crippen LogP contribution in [-0.4, -0.2) is 31.7 Å². The van der Waals surface area contributed by atoms with Gasteiger partial charge in [0.15, 0.2) is 11.0 Å². The number of hydrogen-bond donors (Lipinski definition) is 1. The van der Waals surface area contributed by atoms with Crippen LogP contribution in [-0.2, 0) is 7.05 Å². The number of hydrogen-bond acceptors (Lipinski definition) is 5. The Morgan fingerprint density at radius 3 is 2.88 bits per heavy atom. The molecule has 0 spiro atoms. The summed E-state index contributed by atoms with van der Waals surface area (Å²) in [7, 11) is 1.95. The summed E-state index contributed by atoms with van der Waals surface area (Å²) in [6, 6.07) is 0.528. The summed E-state index contributed by atoms with van der Waals surface area (Å²) in [6.07, 6.45) is 1.72. The van der Waals surface area contributed by atoms with Crippen molar-refractivity contribution in [3.05, 3.63) is 12.2 Å². The molecule has 0 radical (unpaired) electrons. The van der Waals surface area contributed by atoms with Crippen molar-refractivity contribution in [2.75, 3.05) is 5.75 Å². The van der Waals surface area contributed by atoms with E-state index in [9.17, 15) is 0 Å². The topological polar surface area (TPSA) is 55.1 Å². The highest BCUT2D eigenvalue weighted by molar-refractivity contribution is 8.13. The molecule has 0 fully saturated rings. The fraction of sp³-hybridized carbons (Fsp3) is 0.727. The Labute approximate surface area is 106 Å². The minimum Gasteiger partial charge on any atom is -0.355 e. The summed E-state index contributed by atoms with van der Waals surface area (Å²) in [5.74, 6) is 2.70. The Kier molecular flexibility index (Phi) is 3.71. The lowest BCUT2D eigenvalue weighted by Gasteiger charge is -2.25. The normalized spacial score (nSPS) is 26.5. The van der Waals surface area contributed by atoms with Crippen LogP contribution >= 0.6 is 11.8 Å². The molecule has 1 aliphatic rings.